The van der Waals surface area contributed by atoms with Gasteiger partial charge in [-0.05, 0) is 25.0 Å². The van der Waals surface area contributed by atoms with Gasteiger partial charge >= 0.3 is 0 Å². The van der Waals surface area contributed by atoms with Gasteiger partial charge in [-0.2, -0.15) is 0 Å². The van der Waals surface area contributed by atoms with Gasteiger partial charge in [0, 0.05) is 6.54 Å². The Balaban J connectivity index is 2.66. The summed E-state index contributed by atoms with van der Waals surface area (Å²) in [6.45, 7) is 5.45. The Labute approximate surface area is 101 Å². The Hall–Kier alpha value is -1.42. The van der Waals surface area contributed by atoms with E-state index in [-0.39, 0.29) is 18.0 Å². The molecule has 2 N–H and O–H groups in total. The van der Waals surface area contributed by atoms with Crippen molar-refractivity contribution < 1.29 is 14.3 Å². The lowest BCUT2D eigenvalue weighted by molar-refractivity contribution is 0.0142. The van der Waals surface area contributed by atoms with Crippen LogP contribution in [0.1, 0.15) is 31.1 Å². The van der Waals surface area contributed by atoms with Crippen molar-refractivity contribution in [2.24, 2.45) is 5.92 Å². The first-order chi connectivity index (χ1) is 7.84. The van der Waals surface area contributed by atoms with Crippen LogP contribution < -0.4 is 5.32 Å². The summed E-state index contributed by atoms with van der Waals surface area (Å²) in [5, 5.41) is 12.5. The van der Waals surface area contributed by atoms with Crippen molar-refractivity contribution >= 4 is 5.91 Å². The maximum absolute atomic E-state index is 13.3. The van der Waals surface area contributed by atoms with Crippen molar-refractivity contribution in [2.75, 3.05) is 6.54 Å². The summed E-state index contributed by atoms with van der Waals surface area (Å²) in [7, 11) is 0. The second-order valence-electron chi connectivity index (χ2n) is 4.67. The standard InChI is InChI=1S/C13H18FNO2/c1-9(2)13(3,17)8-15-12(16)10-6-4-5-7-11(10)14/h4-7,9,17H,8H2,1-3H3,(H,15,16). The van der Waals surface area contributed by atoms with E-state index in [1.165, 1.54) is 18.2 Å². The zero-order chi connectivity index (χ0) is 13.1. The van der Waals surface area contributed by atoms with E-state index in [4.69, 9.17) is 0 Å². The number of aliphatic hydroxyl groups is 1. The largest absolute Gasteiger partial charge is 0.388 e. The summed E-state index contributed by atoms with van der Waals surface area (Å²) < 4.78 is 13.3. The van der Waals surface area contributed by atoms with Crippen molar-refractivity contribution in [1.82, 2.24) is 5.32 Å². The average molecular weight is 239 g/mol. The van der Waals surface area contributed by atoms with Crippen LogP contribution in [0, 0.1) is 11.7 Å². The molecule has 0 spiro atoms. The summed E-state index contributed by atoms with van der Waals surface area (Å²) in [6.07, 6.45) is 0. The van der Waals surface area contributed by atoms with Crippen LogP contribution in [0.3, 0.4) is 0 Å². The molecule has 1 aromatic carbocycles. The first kappa shape index (κ1) is 13.6. The quantitative estimate of drug-likeness (QED) is 0.844. The lowest BCUT2D eigenvalue weighted by Gasteiger charge is -2.27. The summed E-state index contributed by atoms with van der Waals surface area (Å²) in [6, 6.07) is 5.76. The fraction of sp³-hybridized carbons (Fsp3) is 0.462. The fourth-order valence-corrected chi connectivity index (χ4v) is 1.20. The summed E-state index contributed by atoms with van der Waals surface area (Å²) in [5.41, 5.74) is -1.01. The van der Waals surface area contributed by atoms with Gasteiger partial charge in [0.1, 0.15) is 5.82 Å². The second kappa shape index (κ2) is 5.27. The van der Waals surface area contributed by atoms with Crippen molar-refractivity contribution in [2.45, 2.75) is 26.4 Å². The molecule has 1 amide bonds. The zero-order valence-corrected chi connectivity index (χ0v) is 10.3. The third kappa shape index (κ3) is 3.53. The lowest BCUT2D eigenvalue weighted by atomic mass is 9.92. The molecule has 0 bridgehead atoms. The first-order valence-electron chi connectivity index (χ1n) is 5.59. The van der Waals surface area contributed by atoms with Crippen LogP contribution in [-0.4, -0.2) is 23.2 Å². The van der Waals surface area contributed by atoms with E-state index < -0.39 is 17.3 Å². The van der Waals surface area contributed by atoms with E-state index in [2.05, 4.69) is 5.32 Å². The fourth-order valence-electron chi connectivity index (χ4n) is 1.20. The number of nitrogens with one attached hydrogen (secondary N) is 1. The number of benzene rings is 1. The molecule has 0 saturated heterocycles. The molecule has 0 aliphatic heterocycles. The van der Waals surface area contributed by atoms with E-state index >= 15 is 0 Å². The van der Waals surface area contributed by atoms with E-state index in [1.807, 2.05) is 13.8 Å². The predicted molar refractivity (Wildman–Crippen MR) is 64.2 cm³/mol. The number of amides is 1. The summed E-state index contributed by atoms with van der Waals surface area (Å²) in [4.78, 5) is 11.7. The molecule has 94 valence electrons. The normalized spacial score (nSPS) is 14.5. The van der Waals surface area contributed by atoms with Crippen molar-refractivity contribution in [1.29, 1.82) is 0 Å². The molecule has 0 radical (unpaired) electrons. The Bertz CT molecular complexity index is 402. The van der Waals surface area contributed by atoms with Gasteiger partial charge in [-0.3, -0.25) is 4.79 Å². The molecule has 1 unspecified atom stereocenters. The highest BCUT2D eigenvalue weighted by Crippen LogP contribution is 2.15. The number of hydrogen-bond donors (Lipinski definition) is 2. The van der Waals surface area contributed by atoms with E-state index in [9.17, 15) is 14.3 Å². The Morgan fingerprint density at radius 3 is 2.59 bits per heavy atom. The topological polar surface area (TPSA) is 49.3 Å². The lowest BCUT2D eigenvalue weighted by Crippen LogP contribution is -2.44. The average Bonchev–Trinajstić information content (AvgIpc) is 2.26. The molecule has 1 aromatic rings. The van der Waals surface area contributed by atoms with Crippen LogP contribution in [0.4, 0.5) is 4.39 Å². The molecule has 0 fully saturated rings. The Kier molecular flexibility index (Phi) is 4.23. The maximum atomic E-state index is 13.3. The zero-order valence-electron chi connectivity index (χ0n) is 10.3. The number of hydrogen-bond acceptors (Lipinski definition) is 2. The van der Waals surface area contributed by atoms with Crippen LogP contribution in [0.25, 0.3) is 0 Å². The van der Waals surface area contributed by atoms with Crippen LogP contribution in [0.5, 0.6) is 0 Å². The van der Waals surface area contributed by atoms with Gasteiger partial charge in [0.25, 0.3) is 5.91 Å². The van der Waals surface area contributed by atoms with E-state index in [1.54, 1.807) is 13.0 Å². The third-order valence-corrected chi connectivity index (χ3v) is 2.97. The summed E-state index contributed by atoms with van der Waals surface area (Å²) in [5.74, 6) is -1.07. The molecule has 17 heavy (non-hydrogen) atoms. The van der Waals surface area contributed by atoms with Crippen LogP contribution in [-0.2, 0) is 0 Å². The van der Waals surface area contributed by atoms with Crippen molar-refractivity contribution in [3.63, 3.8) is 0 Å². The van der Waals surface area contributed by atoms with Crippen molar-refractivity contribution in [3.8, 4) is 0 Å². The molecular formula is C13H18FNO2. The van der Waals surface area contributed by atoms with Crippen LogP contribution >= 0.6 is 0 Å². The highest BCUT2D eigenvalue weighted by atomic mass is 19.1. The van der Waals surface area contributed by atoms with Gasteiger partial charge in [-0.1, -0.05) is 26.0 Å². The number of rotatable bonds is 4. The van der Waals surface area contributed by atoms with Crippen LogP contribution in [0.2, 0.25) is 0 Å². The number of carbonyl (C=O) groups excluding carboxylic acids is 1. The predicted octanol–water partition coefficient (Wildman–Crippen LogP) is 1.96. The first-order valence-corrected chi connectivity index (χ1v) is 5.59. The molecular weight excluding hydrogens is 221 g/mol. The molecule has 0 aliphatic carbocycles. The summed E-state index contributed by atoms with van der Waals surface area (Å²) >= 11 is 0. The minimum absolute atomic E-state index is 0.00317. The van der Waals surface area contributed by atoms with Gasteiger partial charge in [0.2, 0.25) is 0 Å². The minimum atomic E-state index is -0.999. The molecule has 3 nitrogen and oxygen atoms in total. The minimum Gasteiger partial charge on any atom is -0.388 e. The number of carbonyl (C=O) groups is 1. The van der Waals surface area contributed by atoms with E-state index in [0.717, 1.165) is 0 Å². The van der Waals surface area contributed by atoms with Crippen molar-refractivity contribution in [3.05, 3.63) is 35.6 Å². The SMILES string of the molecule is CC(C)C(C)(O)CNC(=O)c1ccccc1F. The molecule has 0 aliphatic rings. The van der Waals surface area contributed by atoms with Gasteiger partial charge in [0.15, 0.2) is 0 Å². The van der Waals surface area contributed by atoms with E-state index in [0.29, 0.717) is 0 Å². The smallest absolute Gasteiger partial charge is 0.254 e. The maximum Gasteiger partial charge on any atom is 0.254 e. The van der Waals surface area contributed by atoms with Gasteiger partial charge in [-0.15, -0.1) is 0 Å². The third-order valence-electron chi connectivity index (χ3n) is 2.97. The van der Waals surface area contributed by atoms with Gasteiger partial charge in [-0.25, -0.2) is 4.39 Å². The molecule has 0 saturated carbocycles. The highest BCUT2D eigenvalue weighted by Gasteiger charge is 2.25. The molecule has 4 heteroatoms. The molecule has 0 heterocycles. The molecule has 1 atom stereocenters. The molecule has 1 rings (SSSR count). The highest BCUT2D eigenvalue weighted by molar-refractivity contribution is 5.94. The Morgan fingerprint density at radius 2 is 2.06 bits per heavy atom. The second-order valence-corrected chi connectivity index (χ2v) is 4.67. The number of halogens is 1. The Morgan fingerprint density at radius 1 is 1.47 bits per heavy atom. The van der Waals surface area contributed by atoms with Crippen LogP contribution in [0.15, 0.2) is 24.3 Å². The van der Waals surface area contributed by atoms with Gasteiger partial charge < -0.3 is 10.4 Å². The van der Waals surface area contributed by atoms with Gasteiger partial charge in [0.05, 0.1) is 11.2 Å². The molecule has 0 aromatic heterocycles. The monoisotopic (exact) mass is 239 g/mol.